The molecule has 1 rings (SSSR count). The molecule has 84 valence electrons. The number of allylic oxidation sites excluding steroid dienone is 2. The summed E-state index contributed by atoms with van der Waals surface area (Å²) in [5, 5.41) is 3.04. The SMILES string of the molecule is CCNC(C)=C1C(=O)CC(C)(C)CC1=O. The summed E-state index contributed by atoms with van der Waals surface area (Å²) >= 11 is 0. The summed E-state index contributed by atoms with van der Waals surface area (Å²) in [6.07, 6.45) is 0.938. The average molecular weight is 209 g/mol. The van der Waals surface area contributed by atoms with Crippen molar-refractivity contribution in [1.29, 1.82) is 0 Å². The van der Waals surface area contributed by atoms with Crippen LogP contribution in [0.4, 0.5) is 0 Å². The van der Waals surface area contributed by atoms with Crippen LogP contribution in [0.25, 0.3) is 0 Å². The summed E-state index contributed by atoms with van der Waals surface area (Å²) in [5.41, 5.74) is 0.934. The predicted molar refractivity (Wildman–Crippen MR) is 59.4 cm³/mol. The van der Waals surface area contributed by atoms with Gasteiger partial charge in [0, 0.05) is 25.1 Å². The fourth-order valence-corrected chi connectivity index (χ4v) is 2.04. The molecule has 0 atom stereocenters. The molecule has 0 spiro atoms. The van der Waals surface area contributed by atoms with Gasteiger partial charge < -0.3 is 5.32 Å². The number of ketones is 2. The molecule has 3 nitrogen and oxygen atoms in total. The molecule has 1 fully saturated rings. The second-order valence-electron chi connectivity index (χ2n) is 4.89. The first-order valence-corrected chi connectivity index (χ1v) is 5.38. The maximum Gasteiger partial charge on any atom is 0.168 e. The van der Waals surface area contributed by atoms with Gasteiger partial charge in [-0.2, -0.15) is 0 Å². The van der Waals surface area contributed by atoms with Gasteiger partial charge in [-0.1, -0.05) is 13.8 Å². The van der Waals surface area contributed by atoms with Gasteiger partial charge in [-0.15, -0.1) is 0 Å². The monoisotopic (exact) mass is 209 g/mol. The summed E-state index contributed by atoms with van der Waals surface area (Å²) in [6.45, 7) is 8.41. The number of nitrogens with one attached hydrogen (secondary N) is 1. The first-order valence-electron chi connectivity index (χ1n) is 5.38. The Morgan fingerprint density at radius 2 is 1.73 bits per heavy atom. The van der Waals surface area contributed by atoms with E-state index >= 15 is 0 Å². The van der Waals surface area contributed by atoms with E-state index in [0.717, 1.165) is 12.2 Å². The summed E-state index contributed by atoms with van der Waals surface area (Å²) in [7, 11) is 0. The number of rotatable bonds is 2. The minimum absolute atomic E-state index is 0.0188. The Morgan fingerprint density at radius 3 is 2.13 bits per heavy atom. The van der Waals surface area contributed by atoms with Gasteiger partial charge in [-0.05, 0) is 19.3 Å². The van der Waals surface area contributed by atoms with E-state index in [1.165, 1.54) is 0 Å². The predicted octanol–water partition coefficient (Wildman–Crippen LogP) is 1.83. The fourth-order valence-electron chi connectivity index (χ4n) is 2.04. The van der Waals surface area contributed by atoms with Crippen molar-refractivity contribution in [3.05, 3.63) is 11.3 Å². The standard InChI is InChI=1S/C12H19NO2/c1-5-13-8(2)11-9(14)6-12(3,4)7-10(11)15/h13H,5-7H2,1-4H3. The lowest BCUT2D eigenvalue weighted by Crippen LogP contribution is -2.33. The van der Waals surface area contributed by atoms with Gasteiger partial charge in [0.05, 0.1) is 5.57 Å². The van der Waals surface area contributed by atoms with E-state index in [9.17, 15) is 9.59 Å². The summed E-state index contributed by atoms with van der Waals surface area (Å²) in [6, 6.07) is 0. The Morgan fingerprint density at radius 1 is 1.27 bits per heavy atom. The van der Waals surface area contributed by atoms with E-state index < -0.39 is 0 Å². The van der Waals surface area contributed by atoms with Crippen LogP contribution < -0.4 is 5.32 Å². The van der Waals surface area contributed by atoms with Gasteiger partial charge >= 0.3 is 0 Å². The largest absolute Gasteiger partial charge is 0.388 e. The van der Waals surface area contributed by atoms with Crippen LogP contribution >= 0.6 is 0 Å². The van der Waals surface area contributed by atoms with E-state index in [4.69, 9.17) is 0 Å². The minimum atomic E-state index is -0.176. The van der Waals surface area contributed by atoms with E-state index in [2.05, 4.69) is 5.32 Å². The lowest BCUT2D eigenvalue weighted by molar-refractivity contribution is -0.127. The average Bonchev–Trinajstić information content (AvgIpc) is 1.99. The van der Waals surface area contributed by atoms with Crippen molar-refractivity contribution in [2.45, 2.75) is 40.5 Å². The molecular formula is C12H19NO2. The van der Waals surface area contributed by atoms with E-state index in [1.807, 2.05) is 20.8 Å². The van der Waals surface area contributed by atoms with Gasteiger partial charge in [0.15, 0.2) is 11.6 Å². The molecule has 3 heteroatoms. The van der Waals surface area contributed by atoms with Crippen LogP contribution in [0.15, 0.2) is 11.3 Å². The van der Waals surface area contributed by atoms with Crippen LogP contribution in [-0.2, 0) is 9.59 Å². The van der Waals surface area contributed by atoms with Crippen molar-refractivity contribution >= 4 is 11.6 Å². The van der Waals surface area contributed by atoms with Crippen LogP contribution in [0.2, 0.25) is 0 Å². The third kappa shape index (κ3) is 2.67. The number of Topliss-reactive ketones (excluding diaryl/α,β-unsaturated/α-hetero) is 2. The quantitative estimate of drug-likeness (QED) is 0.557. The molecular weight excluding hydrogens is 190 g/mol. The Kier molecular flexibility index (Phi) is 3.32. The minimum Gasteiger partial charge on any atom is -0.388 e. The molecule has 1 aliphatic carbocycles. The lowest BCUT2D eigenvalue weighted by Gasteiger charge is -2.29. The number of hydrogen-bond acceptors (Lipinski definition) is 3. The van der Waals surface area contributed by atoms with Gasteiger partial charge in [-0.25, -0.2) is 0 Å². The molecule has 0 saturated heterocycles. The van der Waals surface area contributed by atoms with Crippen LogP contribution in [0.3, 0.4) is 0 Å². The van der Waals surface area contributed by atoms with E-state index in [-0.39, 0.29) is 17.0 Å². The molecule has 0 amide bonds. The Labute approximate surface area is 90.9 Å². The molecule has 15 heavy (non-hydrogen) atoms. The molecule has 0 radical (unpaired) electrons. The van der Waals surface area contributed by atoms with Crippen molar-refractivity contribution in [3.63, 3.8) is 0 Å². The molecule has 0 unspecified atom stereocenters. The molecule has 0 aromatic carbocycles. The number of carbonyl (C=O) groups is 2. The zero-order chi connectivity index (χ0) is 11.6. The third-order valence-electron chi connectivity index (χ3n) is 2.65. The van der Waals surface area contributed by atoms with Crippen molar-refractivity contribution in [2.24, 2.45) is 5.41 Å². The Balaban J connectivity index is 2.98. The highest BCUT2D eigenvalue weighted by atomic mass is 16.2. The topological polar surface area (TPSA) is 46.2 Å². The van der Waals surface area contributed by atoms with Crippen molar-refractivity contribution in [3.8, 4) is 0 Å². The molecule has 1 N–H and O–H groups in total. The fraction of sp³-hybridized carbons (Fsp3) is 0.667. The smallest absolute Gasteiger partial charge is 0.168 e. The highest BCUT2D eigenvalue weighted by Crippen LogP contribution is 2.34. The van der Waals surface area contributed by atoms with Crippen molar-refractivity contribution in [2.75, 3.05) is 6.54 Å². The normalized spacial score (nSPS) is 20.4. The van der Waals surface area contributed by atoms with Gasteiger partial charge in [0.1, 0.15) is 0 Å². The molecule has 0 aromatic heterocycles. The van der Waals surface area contributed by atoms with Crippen LogP contribution in [0, 0.1) is 5.41 Å². The lowest BCUT2D eigenvalue weighted by atomic mass is 9.73. The summed E-state index contributed by atoms with van der Waals surface area (Å²) in [5.74, 6) is -0.0376. The van der Waals surface area contributed by atoms with Crippen LogP contribution in [0.1, 0.15) is 40.5 Å². The third-order valence-corrected chi connectivity index (χ3v) is 2.65. The van der Waals surface area contributed by atoms with Crippen molar-refractivity contribution in [1.82, 2.24) is 5.32 Å². The summed E-state index contributed by atoms with van der Waals surface area (Å²) in [4.78, 5) is 23.6. The second-order valence-corrected chi connectivity index (χ2v) is 4.89. The van der Waals surface area contributed by atoms with E-state index in [1.54, 1.807) is 6.92 Å². The van der Waals surface area contributed by atoms with Gasteiger partial charge in [-0.3, -0.25) is 9.59 Å². The first kappa shape index (κ1) is 12.0. The molecule has 1 aliphatic rings. The number of hydrogen-bond donors (Lipinski definition) is 1. The van der Waals surface area contributed by atoms with Crippen LogP contribution in [-0.4, -0.2) is 18.1 Å². The first-order chi connectivity index (χ1) is 6.87. The van der Waals surface area contributed by atoms with Crippen LogP contribution in [0.5, 0.6) is 0 Å². The molecule has 0 heterocycles. The molecule has 0 aliphatic heterocycles. The summed E-state index contributed by atoms with van der Waals surface area (Å²) < 4.78 is 0. The van der Waals surface area contributed by atoms with E-state index in [0.29, 0.717) is 18.4 Å². The van der Waals surface area contributed by atoms with Gasteiger partial charge in [0.25, 0.3) is 0 Å². The Hall–Kier alpha value is -1.12. The molecule has 0 bridgehead atoms. The maximum absolute atomic E-state index is 11.8. The zero-order valence-corrected chi connectivity index (χ0v) is 9.94. The number of carbonyl (C=O) groups excluding carboxylic acids is 2. The molecule has 1 saturated carbocycles. The highest BCUT2D eigenvalue weighted by Gasteiger charge is 2.36. The zero-order valence-electron chi connectivity index (χ0n) is 9.94. The molecule has 0 aromatic rings. The van der Waals surface area contributed by atoms with Gasteiger partial charge in [0.2, 0.25) is 0 Å². The highest BCUT2D eigenvalue weighted by molar-refractivity contribution is 6.22. The Bertz CT molecular complexity index is 305. The second kappa shape index (κ2) is 4.17. The van der Waals surface area contributed by atoms with Crippen molar-refractivity contribution < 1.29 is 9.59 Å². The maximum atomic E-state index is 11.8.